The molecule has 4 aromatic rings. The van der Waals surface area contributed by atoms with Gasteiger partial charge in [-0.2, -0.15) is 5.10 Å². The summed E-state index contributed by atoms with van der Waals surface area (Å²) in [6, 6.07) is 18.8. The van der Waals surface area contributed by atoms with E-state index >= 15 is 0 Å². The molecule has 0 radical (unpaired) electrons. The van der Waals surface area contributed by atoms with Gasteiger partial charge in [0.05, 0.1) is 23.6 Å². The Morgan fingerprint density at radius 3 is 2.69 bits per heavy atom. The smallest absolute Gasteiger partial charge is 0.291 e. The predicted octanol–water partition coefficient (Wildman–Crippen LogP) is 5.93. The Balaban J connectivity index is 1.42. The molecule has 0 aliphatic carbocycles. The molecule has 1 amide bonds. The zero-order valence-corrected chi connectivity index (χ0v) is 18.9. The summed E-state index contributed by atoms with van der Waals surface area (Å²) in [5.41, 5.74) is 4.68. The molecule has 0 saturated carbocycles. The van der Waals surface area contributed by atoms with Crippen LogP contribution in [0.1, 0.15) is 38.8 Å². The largest absolute Gasteiger partial charge is 0.486 e. The summed E-state index contributed by atoms with van der Waals surface area (Å²) < 4.78 is 13.2. The van der Waals surface area contributed by atoms with E-state index in [9.17, 15) is 4.79 Å². The molecule has 0 aliphatic heterocycles. The first-order valence-corrected chi connectivity index (χ1v) is 10.6. The molecule has 164 valence electrons. The molecule has 0 spiro atoms. The number of carbonyl (C=O) groups excluding carboxylic acids is 1. The van der Waals surface area contributed by atoms with Crippen molar-refractivity contribution in [3.8, 4) is 5.75 Å². The molecule has 2 heterocycles. The van der Waals surface area contributed by atoms with Crippen LogP contribution in [0.5, 0.6) is 5.75 Å². The van der Waals surface area contributed by atoms with E-state index in [1.807, 2.05) is 36.7 Å². The molecule has 32 heavy (non-hydrogen) atoms. The minimum Gasteiger partial charge on any atom is -0.486 e. The average Bonchev–Trinajstić information content (AvgIpc) is 3.33. The number of aromatic nitrogens is 2. The summed E-state index contributed by atoms with van der Waals surface area (Å²) in [5, 5.41) is 8.12. The minimum atomic E-state index is -0.333. The molecule has 1 N–H and O–H groups in total. The number of anilines is 1. The van der Waals surface area contributed by atoms with Crippen molar-refractivity contribution in [1.82, 2.24) is 9.78 Å². The van der Waals surface area contributed by atoms with Crippen LogP contribution in [0.2, 0.25) is 5.02 Å². The lowest BCUT2D eigenvalue weighted by atomic mass is 10.1. The van der Waals surface area contributed by atoms with Crippen LogP contribution in [-0.2, 0) is 13.2 Å². The van der Waals surface area contributed by atoms with Crippen LogP contribution in [0, 0.1) is 20.8 Å². The maximum absolute atomic E-state index is 12.8. The summed E-state index contributed by atoms with van der Waals surface area (Å²) in [6.45, 7) is 6.71. The molecule has 2 aromatic carbocycles. The molecule has 7 heteroatoms. The summed E-state index contributed by atoms with van der Waals surface area (Å²) in [7, 11) is 0. The summed E-state index contributed by atoms with van der Waals surface area (Å²) in [4.78, 5) is 12.8. The SMILES string of the molecule is Cc1cccc(Cn2nc(C)c(NC(=O)c3ccc(COc4cccc(Cl)c4)o3)c2C)c1. The highest BCUT2D eigenvalue weighted by atomic mass is 35.5. The number of hydrogen-bond donors (Lipinski definition) is 1. The molecule has 4 rings (SSSR count). The van der Waals surface area contributed by atoms with Crippen molar-refractivity contribution in [2.24, 2.45) is 0 Å². The second kappa shape index (κ2) is 9.32. The van der Waals surface area contributed by atoms with Gasteiger partial charge in [0.15, 0.2) is 5.76 Å². The van der Waals surface area contributed by atoms with Crippen LogP contribution in [0.3, 0.4) is 0 Å². The van der Waals surface area contributed by atoms with E-state index in [4.69, 9.17) is 20.8 Å². The van der Waals surface area contributed by atoms with Gasteiger partial charge in [-0.3, -0.25) is 9.48 Å². The lowest BCUT2D eigenvalue weighted by Crippen LogP contribution is -2.12. The quantitative estimate of drug-likeness (QED) is 0.379. The third-order valence-corrected chi connectivity index (χ3v) is 5.33. The highest BCUT2D eigenvalue weighted by molar-refractivity contribution is 6.30. The fourth-order valence-electron chi connectivity index (χ4n) is 3.48. The Kier molecular flexibility index (Phi) is 6.32. The fourth-order valence-corrected chi connectivity index (χ4v) is 3.66. The van der Waals surface area contributed by atoms with E-state index in [1.165, 1.54) is 5.56 Å². The average molecular weight is 450 g/mol. The number of hydrogen-bond acceptors (Lipinski definition) is 4. The van der Waals surface area contributed by atoms with Crippen LogP contribution in [0.15, 0.2) is 65.1 Å². The van der Waals surface area contributed by atoms with Gasteiger partial charge in [0.1, 0.15) is 18.1 Å². The lowest BCUT2D eigenvalue weighted by Gasteiger charge is -2.07. The Hall–Kier alpha value is -3.51. The number of carbonyl (C=O) groups is 1. The molecule has 0 fully saturated rings. The topological polar surface area (TPSA) is 69.3 Å². The zero-order valence-electron chi connectivity index (χ0n) is 18.2. The number of amides is 1. The number of rotatable bonds is 7. The molecule has 0 bridgehead atoms. The number of benzene rings is 2. The van der Waals surface area contributed by atoms with Crippen LogP contribution >= 0.6 is 11.6 Å². The number of halogens is 1. The third-order valence-electron chi connectivity index (χ3n) is 5.10. The Labute approximate surface area is 191 Å². The van der Waals surface area contributed by atoms with Crippen LogP contribution < -0.4 is 10.1 Å². The third kappa shape index (κ3) is 5.03. The molecule has 6 nitrogen and oxygen atoms in total. The molecular formula is C25H24ClN3O3. The van der Waals surface area contributed by atoms with Crippen LogP contribution in [-0.4, -0.2) is 15.7 Å². The van der Waals surface area contributed by atoms with Crippen molar-refractivity contribution in [3.05, 3.63) is 99.7 Å². The monoisotopic (exact) mass is 449 g/mol. The van der Waals surface area contributed by atoms with Gasteiger partial charge in [-0.25, -0.2) is 0 Å². The van der Waals surface area contributed by atoms with Crippen molar-refractivity contribution in [2.45, 2.75) is 33.9 Å². The molecule has 0 atom stereocenters. The van der Waals surface area contributed by atoms with E-state index in [0.29, 0.717) is 28.8 Å². The maximum Gasteiger partial charge on any atom is 0.291 e. The van der Waals surface area contributed by atoms with Gasteiger partial charge in [0.2, 0.25) is 0 Å². The molecular weight excluding hydrogens is 426 g/mol. The van der Waals surface area contributed by atoms with Gasteiger partial charge in [-0.05, 0) is 56.7 Å². The van der Waals surface area contributed by atoms with Crippen LogP contribution in [0.25, 0.3) is 0 Å². The highest BCUT2D eigenvalue weighted by Crippen LogP contribution is 2.23. The summed E-state index contributed by atoms with van der Waals surface area (Å²) in [6.07, 6.45) is 0. The van der Waals surface area contributed by atoms with Gasteiger partial charge < -0.3 is 14.5 Å². The Morgan fingerprint density at radius 1 is 1.09 bits per heavy atom. The normalized spacial score (nSPS) is 10.9. The highest BCUT2D eigenvalue weighted by Gasteiger charge is 2.18. The van der Waals surface area contributed by atoms with Crippen molar-refractivity contribution in [2.75, 3.05) is 5.32 Å². The first-order valence-electron chi connectivity index (χ1n) is 10.3. The Bertz CT molecular complexity index is 1260. The van der Waals surface area contributed by atoms with E-state index in [1.54, 1.807) is 24.3 Å². The van der Waals surface area contributed by atoms with Gasteiger partial charge in [0, 0.05) is 5.02 Å². The fraction of sp³-hybridized carbons (Fsp3) is 0.200. The molecule has 0 aliphatic rings. The molecule has 2 aromatic heterocycles. The molecule has 0 unspecified atom stereocenters. The second-order valence-electron chi connectivity index (χ2n) is 7.66. The Morgan fingerprint density at radius 2 is 1.91 bits per heavy atom. The van der Waals surface area contributed by atoms with Gasteiger partial charge in [-0.15, -0.1) is 0 Å². The predicted molar refractivity (Wildman–Crippen MR) is 124 cm³/mol. The number of ether oxygens (including phenoxy) is 1. The maximum atomic E-state index is 12.8. The standard InChI is InChI=1S/C25H24ClN3O3/c1-16-6-4-7-19(12-16)14-29-18(3)24(17(2)28-29)27-25(30)23-11-10-22(32-23)15-31-21-9-5-8-20(26)13-21/h4-13H,14-15H2,1-3H3,(H,27,30). The van der Waals surface area contributed by atoms with Crippen molar-refractivity contribution >= 4 is 23.2 Å². The number of furan rings is 1. The number of aryl methyl sites for hydroxylation is 2. The van der Waals surface area contributed by atoms with E-state index < -0.39 is 0 Å². The van der Waals surface area contributed by atoms with Crippen molar-refractivity contribution in [3.63, 3.8) is 0 Å². The lowest BCUT2D eigenvalue weighted by molar-refractivity contribution is 0.0992. The van der Waals surface area contributed by atoms with Gasteiger partial charge in [-0.1, -0.05) is 47.5 Å². The van der Waals surface area contributed by atoms with Gasteiger partial charge >= 0.3 is 0 Å². The van der Waals surface area contributed by atoms with E-state index in [-0.39, 0.29) is 18.3 Å². The van der Waals surface area contributed by atoms with Crippen LogP contribution in [0.4, 0.5) is 5.69 Å². The minimum absolute atomic E-state index is 0.195. The number of nitrogens with zero attached hydrogens (tertiary/aromatic N) is 2. The van der Waals surface area contributed by atoms with E-state index in [0.717, 1.165) is 17.0 Å². The van der Waals surface area contributed by atoms with E-state index in [2.05, 4.69) is 35.5 Å². The first-order chi connectivity index (χ1) is 15.4. The van der Waals surface area contributed by atoms with Crippen molar-refractivity contribution < 1.29 is 13.9 Å². The molecule has 0 saturated heterocycles. The van der Waals surface area contributed by atoms with Gasteiger partial charge in [0.25, 0.3) is 5.91 Å². The number of nitrogens with one attached hydrogen (secondary N) is 1. The summed E-state index contributed by atoms with van der Waals surface area (Å²) >= 11 is 5.97. The summed E-state index contributed by atoms with van der Waals surface area (Å²) in [5.74, 6) is 1.05. The second-order valence-corrected chi connectivity index (χ2v) is 8.10. The van der Waals surface area contributed by atoms with Crippen molar-refractivity contribution in [1.29, 1.82) is 0 Å². The zero-order chi connectivity index (χ0) is 22.7. The first kappa shape index (κ1) is 21.7.